The first-order valence-electron chi connectivity index (χ1n) is 10.6. The number of rotatable bonds is 6. The highest BCUT2D eigenvalue weighted by atomic mass is 19.1. The van der Waals surface area contributed by atoms with E-state index in [1.54, 1.807) is 33.5 Å². The van der Waals surface area contributed by atoms with Crippen molar-refractivity contribution in [2.24, 2.45) is 0 Å². The van der Waals surface area contributed by atoms with Gasteiger partial charge in [0.25, 0.3) is 0 Å². The van der Waals surface area contributed by atoms with Gasteiger partial charge in [0.05, 0.1) is 21.3 Å². The molecule has 3 aromatic rings. The third-order valence-electron chi connectivity index (χ3n) is 5.87. The molecule has 32 heavy (non-hydrogen) atoms. The van der Waals surface area contributed by atoms with Crippen molar-refractivity contribution in [1.29, 1.82) is 0 Å². The van der Waals surface area contributed by atoms with E-state index in [1.165, 1.54) is 12.1 Å². The van der Waals surface area contributed by atoms with Crippen LogP contribution in [0.4, 0.5) is 4.39 Å². The van der Waals surface area contributed by atoms with E-state index in [0.29, 0.717) is 31.2 Å². The van der Waals surface area contributed by atoms with Crippen LogP contribution in [0.15, 0.2) is 54.6 Å². The molecule has 3 aromatic carbocycles. The first kappa shape index (κ1) is 22.0. The van der Waals surface area contributed by atoms with E-state index >= 15 is 0 Å². The zero-order chi connectivity index (χ0) is 22.7. The summed E-state index contributed by atoms with van der Waals surface area (Å²) in [5.74, 6) is 2.69. The molecule has 1 atom stereocenters. The average Bonchev–Trinajstić information content (AvgIpc) is 2.97. The van der Waals surface area contributed by atoms with Gasteiger partial charge in [0.2, 0.25) is 0 Å². The monoisotopic (exact) mass is 437 g/mol. The summed E-state index contributed by atoms with van der Waals surface area (Å²) in [6.07, 6.45) is 0. The molecule has 0 aromatic heterocycles. The number of halogens is 1. The molecule has 6 heteroatoms. The number of ether oxygens (including phenoxy) is 4. The quantitative estimate of drug-likeness (QED) is 0.523. The van der Waals surface area contributed by atoms with Gasteiger partial charge >= 0.3 is 0 Å². The summed E-state index contributed by atoms with van der Waals surface area (Å²) in [5, 5.41) is 0. The summed E-state index contributed by atoms with van der Waals surface area (Å²) in [6.45, 7) is 4.11. The normalized spacial score (nSPS) is 16.0. The Labute approximate surface area is 188 Å². The molecular formula is C26H28FNO4. The molecule has 0 saturated heterocycles. The van der Waals surface area contributed by atoms with Crippen molar-refractivity contribution < 1.29 is 23.3 Å². The first-order valence-corrected chi connectivity index (χ1v) is 10.6. The van der Waals surface area contributed by atoms with Gasteiger partial charge in [0.15, 0.2) is 11.5 Å². The lowest BCUT2D eigenvalue weighted by Crippen LogP contribution is -2.34. The van der Waals surface area contributed by atoms with Crippen LogP contribution in [0.2, 0.25) is 0 Å². The Morgan fingerprint density at radius 3 is 2.22 bits per heavy atom. The molecule has 0 aliphatic carbocycles. The van der Waals surface area contributed by atoms with Crippen LogP contribution in [0.5, 0.6) is 23.0 Å². The Bertz CT molecular complexity index is 1080. The highest BCUT2D eigenvalue weighted by Crippen LogP contribution is 2.37. The predicted molar refractivity (Wildman–Crippen MR) is 122 cm³/mol. The maximum Gasteiger partial charge on any atom is 0.164 e. The molecule has 1 aliphatic rings. The van der Waals surface area contributed by atoms with Crippen LogP contribution >= 0.6 is 0 Å². The van der Waals surface area contributed by atoms with Gasteiger partial charge < -0.3 is 18.9 Å². The minimum absolute atomic E-state index is 0.189. The fourth-order valence-corrected chi connectivity index (χ4v) is 4.00. The second kappa shape index (κ2) is 9.49. The number of hydrogen-bond donors (Lipinski definition) is 0. The van der Waals surface area contributed by atoms with E-state index in [9.17, 15) is 4.39 Å². The Balaban J connectivity index is 1.64. The summed E-state index contributed by atoms with van der Waals surface area (Å²) >= 11 is 0. The second-order valence-electron chi connectivity index (χ2n) is 7.91. The van der Waals surface area contributed by atoms with Gasteiger partial charge in [-0.1, -0.05) is 18.2 Å². The maximum absolute atomic E-state index is 13.3. The van der Waals surface area contributed by atoms with Gasteiger partial charge in [-0.15, -0.1) is 0 Å². The Morgan fingerprint density at radius 1 is 0.875 bits per heavy atom. The van der Waals surface area contributed by atoms with Crippen molar-refractivity contribution in [3.8, 4) is 34.1 Å². The molecule has 1 heterocycles. The van der Waals surface area contributed by atoms with Gasteiger partial charge in [-0.2, -0.15) is 0 Å². The topological polar surface area (TPSA) is 40.2 Å². The SMILES string of the molecule is COc1cc(OC)c(OC)cc1CN1Cc2cc(-c3ccc(F)cc3)ccc2OC[C@@H]1C. The molecule has 0 saturated carbocycles. The van der Waals surface area contributed by atoms with Crippen LogP contribution in [0.1, 0.15) is 18.1 Å². The van der Waals surface area contributed by atoms with E-state index in [0.717, 1.165) is 33.8 Å². The van der Waals surface area contributed by atoms with Crippen LogP contribution in [0.25, 0.3) is 11.1 Å². The fourth-order valence-electron chi connectivity index (χ4n) is 4.00. The molecule has 5 nitrogen and oxygen atoms in total. The molecule has 0 radical (unpaired) electrons. The van der Waals surface area contributed by atoms with Gasteiger partial charge in [0.1, 0.15) is 23.9 Å². The molecule has 1 aliphatic heterocycles. The third kappa shape index (κ3) is 4.50. The molecular weight excluding hydrogens is 409 g/mol. The Morgan fingerprint density at radius 2 is 1.53 bits per heavy atom. The molecule has 0 bridgehead atoms. The summed E-state index contributed by atoms with van der Waals surface area (Å²) in [5.41, 5.74) is 4.11. The number of hydrogen-bond acceptors (Lipinski definition) is 5. The zero-order valence-electron chi connectivity index (χ0n) is 18.9. The Hall–Kier alpha value is -3.25. The van der Waals surface area contributed by atoms with Crippen LogP contribution in [0, 0.1) is 5.82 Å². The van der Waals surface area contributed by atoms with Crippen molar-refractivity contribution in [3.05, 3.63) is 71.5 Å². The van der Waals surface area contributed by atoms with Crippen LogP contribution in [-0.2, 0) is 13.1 Å². The Kier molecular flexibility index (Phi) is 6.51. The van der Waals surface area contributed by atoms with Crippen molar-refractivity contribution in [2.75, 3.05) is 27.9 Å². The minimum Gasteiger partial charge on any atom is -0.496 e. The second-order valence-corrected chi connectivity index (χ2v) is 7.91. The van der Waals surface area contributed by atoms with Gasteiger partial charge in [-0.3, -0.25) is 4.90 Å². The molecule has 0 N–H and O–H groups in total. The largest absolute Gasteiger partial charge is 0.496 e. The molecule has 0 amide bonds. The lowest BCUT2D eigenvalue weighted by atomic mass is 10.0. The van der Waals surface area contributed by atoms with Crippen molar-refractivity contribution in [3.63, 3.8) is 0 Å². The van der Waals surface area contributed by atoms with Gasteiger partial charge in [-0.05, 0) is 48.4 Å². The third-order valence-corrected chi connectivity index (χ3v) is 5.87. The highest BCUT2D eigenvalue weighted by molar-refractivity contribution is 5.65. The molecule has 0 unspecified atom stereocenters. The summed E-state index contributed by atoms with van der Waals surface area (Å²) < 4.78 is 36.0. The fraction of sp³-hybridized carbons (Fsp3) is 0.308. The molecule has 0 spiro atoms. The van der Waals surface area contributed by atoms with Gasteiger partial charge in [0, 0.05) is 36.3 Å². The standard InChI is InChI=1S/C26H28FNO4/c1-17-16-32-23-10-7-19(18-5-8-22(27)9-6-18)11-20(23)14-28(17)15-21-12-25(30-3)26(31-4)13-24(21)29-2/h5-13,17H,14-16H2,1-4H3/t17-/m0/s1. The first-order chi connectivity index (χ1) is 15.5. The summed E-state index contributed by atoms with van der Waals surface area (Å²) in [7, 11) is 4.90. The summed E-state index contributed by atoms with van der Waals surface area (Å²) in [6, 6.07) is 16.7. The van der Waals surface area contributed by atoms with Crippen LogP contribution in [0.3, 0.4) is 0 Å². The number of nitrogens with zero attached hydrogens (tertiary/aromatic N) is 1. The number of methoxy groups -OCH3 is 3. The molecule has 4 rings (SSSR count). The highest BCUT2D eigenvalue weighted by Gasteiger charge is 2.24. The van der Waals surface area contributed by atoms with Crippen molar-refractivity contribution >= 4 is 0 Å². The maximum atomic E-state index is 13.3. The zero-order valence-corrected chi connectivity index (χ0v) is 18.9. The summed E-state index contributed by atoms with van der Waals surface area (Å²) in [4.78, 5) is 2.35. The lowest BCUT2D eigenvalue weighted by molar-refractivity contribution is 0.150. The van der Waals surface area contributed by atoms with Crippen LogP contribution < -0.4 is 18.9 Å². The minimum atomic E-state index is -0.240. The van der Waals surface area contributed by atoms with E-state index in [-0.39, 0.29) is 11.9 Å². The number of benzene rings is 3. The van der Waals surface area contributed by atoms with Crippen molar-refractivity contribution in [2.45, 2.75) is 26.1 Å². The average molecular weight is 438 g/mol. The van der Waals surface area contributed by atoms with E-state index < -0.39 is 0 Å². The molecule has 0 fully saturated rings. The van der Waals surface area contributed by atoms with Crippen molar-refractivity contribution in [1.82, 2.24) is 4.90 Å². The number of fused-ring (bicyclic) bond motifs is 1. The van der Waals surface area contributed by atoms with E-state index in [2.05, 4.69) is 17.9 Å². The van der Waals surface area contributed by atoms with Gasteiger partial charge in [-0.25, -0.2) is 4.39 Å². The predicted octanol–water partition coefficient (Wildman–Crippen LogP) is 5.30. The lowest BCUT2D eigenvalue weighted by Gasteiger charge is -2.27. The van der Waals surface area contributed by atoms with E-state index in [4.69, 9.17) is 18.9 Å². The molecule has 168 valence electrons. The van der Waals surface area contributed by atoms with E-state index in [1.807, 2.05) is 24.3 Å². The smallest absolute Gasteiger partial charge is 0.164 e. The van der Waals surface area contributed by atoms with Crippen LogP contribution in [-0.4, -0.2) is 38.9 Å².